The zero-order chi connectivity index (χ0) is 12.5. The molecule has 1 rings (SSSR count). The number of nitrogens with zero attached hydrogens (tertiary/aromatic N) is 3. The topological polar surface area (TPSA) is 42.3 Å². The quantitative estimate of drug-likeness (QED) is 0.638. The summed E-state index contributed by atoms with van der Waals surface area (Å²) in [5.41, 5.74) is 0. The molecule has 5 nitrogen and oxygen atoms in total. The molecule has 5 heteroatoms. The molecule has 0 saturated heterocycles. The van der Waals surface area contributed by atoms with Crippen LogP contribution in [0.3, 0.4) is 0 Å². The number of hydrogen-bond acceptors (Lipinski definition) is 4. The molecule has 0 radical (unpaired) electrons. The number of likely N-dealkylation sites (N-methyl/N-ethyl adjacent to an activating group) is 1. The van der Waals surface area contributed by atoms with Gasteiger partial charge in [-0.1, -0.05) is 0 Å². The third-order valence-electron chi connectivity index (χ3n) is 2.70. The van der Waals surface area contributed by atoms with Gasteiger partial charge < -0.3 is 14.6 Å². The second kappa shape index (κ2) is 8.22. The second-order valence-corrected chi connectivity index (χ2v) is 4.29. The van der Waals surface area contributed by atoms with Crippen LogP contribution in [-0.4, -0.2) is 54.8 Å². The van der Waals surface area contributed by atoms with E-state index in [0.29, 0.717) is 0 Å². The first-order chi connectivity index (χ1) is 8.24. The largest absolute Gasteiger partial charge is 0.385 e. The maximum absolute atomic E-state index is 4.99. The highest BCUT2D eigenvalue weighted by Gasteiger charge is 2.03. The Kier molecular flexibility index (Phi) is 6.84. The Labute approximate surface area is 104 Å². The van der Waals surface area contributed by atoms with Gasteiger partial charge in [-0.05, 0) is 20.0 Å². The molecule has 0 aliphatic heterocycles. The van der Waals surface area contributed by atoms with Gasteiger partial charge in [0.25, 0.3) is 0 Å². The molecule has 1 aromatic heterocycles. The summed E-state index contributed by atoms with van der Waals surface area (Å²) in [5, 5.41) is 3.40. The van der Waals surface area contributed by atoms with Crippen molar-refractivity contribution in [2.45, 2.75) is 13.0 Å². The predicted molar refractivity (Wildman–Crippen MR) is 68.9 cm³/mol. The third-order valence-corrected chi connectivity index (χ3v) is 2.70. The maximum Gasteiger partial charge on any atom is 0.122 e. The fourth-order valence-electron chi connectivity index (χ4n) is 1.61. The van der Waals surface area contributed by atoms with Gasteiger partial charge in [-0.2, -0.15) is 0 Å². The van der Waals surface area contributed by atoms with Crippen LogP contribution in [0.25, 0.3) is 0 Å². The van der Waals surface area contributed by atoms with Crippen molar-refractivity contribution in [1.82, 2.24) is 19.8 Å². The molecule has 0 fully saturated rings. The summed E-state index contributed by atoms with van der Waals surface area (Å²) in [5.74, 6) is 1.10. The smallest absolute Gasteiger partial charge is 0.122 e. The lowest BCUT2D eigenvalue weighted by molar-refractivity contribution is 0.193. The fraction of sp³-hybridized carbons (Fsp3) is 0.750. The lowest BCUT2D eigenvalue weighted by Gasteiger charge is -2.16. The Morgan fingerprint density at radius 3 is 2.94 bits per heavy atom. The molecule has 0 spiro atoms. The lowest BCUT2D eigenvalue weighted by Crippen LogP contribution is -2.30. The van der Waals surface area contributed by atoms with E-state index in [9.17, 15) is 0 Å². The van der Waals surface area contributed by atoms with Gasteiger partial charge in [0, 0.05) is 46.2 Å². The fourth-order valence-corrected chi connectivity index (χ4v) is 1.61. The van der Waals surface area contributed by atoms with Crippen LogP contribution in [0.4, 0.5) is 0 Å². The van der Waals surface area contributed by atoms with Gasteiger partial charge in [-0.15, -0.1) is 0 Å². The average molecular weight is 240 g/mol. The van der Waals surface area contributed by atoms with E-state index in [1.54, 1.807) is 7.11 Å². The second-order valence-electron chi connectivity index (χ2n) is 4.29. The van der Waals surface area contributed by atoms with Crippen LogP contribution in [0.5, 0.6) is 0 Å². The summed E-state index contributed by atoms with van der Waals surface area (Å²) in [4.78, 5) is 6.58. The van der Waals surface area contributed by atoms with E-state index < -0.39 is 0 Å². The Morgan fingerprint density at radius 2 is 2.29 bits per heavy atom. The average Bonchev–Trinajstić information content (AvgIpc) is 2.69. The summed E-state index contributed by atoms with van der Waals surface area (Å²) in [7, 11) is 5.88. The molecule has 0 aliphatic carbocycles. The van der Waals surface area contributed by atoms with Crippen molar-refractivity contribution < 1.29 is 4.74 Å². The van der Waals surface area contributed by atoms with E-state index in [4.69, 9.17) is 4.74 Å². The molecule has 1 N–H and O–H groups in total. The highest BCUT2D eigenvalue weighted by molar-refractivity contribution is 4.90. The van der Waals surface area contributed by atoms with Crippen LogP contribution >= 0.6 is 0 Å². The van der Waals surface area contributed by atoms with E-state index in [1.165, 1.54) is 0 Å². The molecule has 98 valence electrons. The van der Waals surface area contributed by atoms with E-state index >= 15 is 0 Å². The van der Waals surface area contributed by atoms with Gasteiger partial charge in [-0.25, -0.2) is 4.98 Å². The van der Waals surface area contributed by atoms with Crippen LogP contribution in [0.1, 0.15) is 12.2 Å². The molecule has 0 atom stereocenters. The monoisotopic (exact) mass is 240 g/mol. The van der Waals surface area contributed by atoms with Crippen LogP contribution < -0.4 is 5.32 Å². The Balaban J connectivity index is 2.05. The number of aryl methyl sites for hydroxylation is 1. The highest BCUT2D eigenvalue weighted by atomic mass is 16.5. The standard InChI is InChI=1S/C12H24N4O/c1-15(8-6-13-5-4-10-17-3)11-12-14-7-9-16(12)2/h7,9,13H,4-6,8,10-11H2,1-3H3. The van der Waals surface area contributed by atoms with Crippen molar-refractivity contribution in [2.75, 3.05) is 40.4 Å². The van der Waals surface area contributed by atoms with Crippen molar-refractivity contribution >= 4 is 0 Å². The normalized spacial score (nSPS) is 11.3. The van der Waals surface area contributed by atoms with E-state index in [-0.39, 0.29) is 0 Å². The van der Waals surface area contributed by atoms with Gasteiger partial charge >= 0.3 is 0 Å². The Hall–Kier alpha value is -0.910. The molecule has 1 heterocycles. The first kappa shape index (κ1) is 14.2. The lowest BCUT2D eigenvalue weighted by atomic mass is 10.4. The minimum Gasteiger partial charge on any atom is -0.385 e. The van der Waals surface area contributed by atoms with Gasteiger partial charge in [0.05, 0.1) is 6.54 Å². The third kappa shape index (κ3) is 5.81. The number of imidazole rings is 1. The first-order valence-electron chi connectivity index (χ1n) is 6.08. The van der Waals surface area contributed by atoms with Gasteiger partial charge in [0.1, 0.15) is 5.82 Å². The SMILES string of the molecule is COCCCNCCN(C)Cc1nccn1C. The van der Waals surface area contributed by atoms with Crippen LogP contribution in [0.15, 0.2) is 12.4 Å². The van der Waals surface area contributed by atoms with Crippen molar-refractivity contribution in [2.24, 2.45) is 7.05 Å². The van der Waals surface area contributed by atoms with Gasteiger partial charge in [0.15, 0.2) is 0 Å². The van der Waals surface area contributed by atoms with Crippen molar-refractivity contribution in [1.29, 1.82) is 0 Å². The summed E-state index contributed by atoms with van der Waals surface area (Å²) in [6.07, 6.45) is 4.89. The van der Waals surface area contributed by atoms with Crippen molar-refractivity contribution in [3.05, 3.63) is 18.2 Å². The number of methoxy groups -OCH3 is 1. The molecule has 1 aromatic rings. The predicted octanol–water partition coefficient (Wildman–Crippen LogP) is 0.478. The summed E-state index contributed by atoms with van der Waals surface area (Å²) in [6, 6.07) is 0. The molecule has 0 saturated carbocycles. The molecular formula is C12H24N4O. The summed E-state index contributed by atoms with van der Waals surface area (Å²) >= 11 is 0. The summed E-state index contributed by atoms with van der Waals surface area (Å²) < 4.78 is 7.05. The number of rotatable bonds is 9. The van der Waals surface area contributed by atoms with E-state index in [2.05, 4.69) is 26.8 Å². The molecule has 0 bridgehead atoms. The van der Waals surface area contributed by atoms with E-state index in [1.807, 2.05) is 19.4 Å². The molecular weight excluding hydrogens is 216 g/mol. The molecule has 17 heavy (non-hydrogen) atoms. The Morgan fingerprint density at radius 1 is 1.47 bits per heavy atom. The van der Waals surface area contributed by atoms with Gasteiger partial charge in [-0.3, -0.25) is 4.90 Å². The Bertz CT molecular complexity index is 300. The molecule has 0 amide bonds. The van der Waals surface area contributed by atoms with Crippen LogP contribution in [0.2, 0.25) is 0 Å². The van der Waals surface area contributed by atoms with E-state index in [0.717, 1.165) is 45.0 Å². The zero-order valence-corrected chi connectivity index (χ0v) is 11.1. The number of ether oxygens (including phenoxy) is 1. The van der Waals surface area contributed by atoms with Crippen molar-refractivity contribution in [3.8, 4) is 0 Å². The zero-order valence-electron chi connectivity index (χ0n) is 11.1. The number of hydrogen-bond donors (Lipinski definition) is 1. The molecule has 0 unspecified atom stereocenters. The maximum atomic E-state index is 4.99. The first-order valence-corrected chi connectivity index (χ1v) is 6.08. The molecule has 0 aromatic carbocycles. The van der Waals surface area contributed by atoms with Crippen LogP contribution in [-0.2, 0) is 18.3 Å². The molecule has 0 aliphatic rings. The minimum absolute atomic E-state index is 0.829. The van der Waals surface area contributed by atoms with Crippen LogP contribution in [0, 0.1) is 0 Å². The highest BCUT2D eigenvalue weighted by Crippen LogP contribution is 1.98. The number of aromatic nitrogens is 2. The van der Waals surface area contributed by atoms with Crippen molar-refractivity contribution in [3.63, 3.8) is 0 Å². The summed E-state index contributed by atoms with van der Waals surface area (Å²) in [6.45, 7) is 4.77. The minimum atomic E-state index is 0.829. The number of nitrogens with one attached hydrogen (secondary N) is 1. The van der Waals surface area contributed by atoms with Gasteiger partial charge in [0.2, 0.25) is 0 Å².